The van der Waals surface area contributed by atoms with Gasteiger partial charge in [-0.25, -0.2) is 0 Å². The van der Waals surface area contributed by atoms with Crippen molar-refractivity contribution in [3.8, 4) is 0 Å². The molecule has 0 bridgehead atoms. The van der Waals surface area contributed by atoms with E-state index in [0.717, 1.165) is 6.54 Å². The minimum absolute atomic E-state index is 0.230. The average molecular weight is 201 g/mol. The maximum absolute atomic E-state index is 2.35. The van der Waals surface area contributed by atoms with Gasteiger partial charge in [-0.1, -0.05) is 37.3 Å². The summed E-state index contributed by atoms with van der Waals surface area (Å²) in [4.78, 5) is 2.28. The van der Waals surface area contributed by atoms with Crippen LogP contribution in [0.15, 0.2) is 42.1 Å². The van der Waals surface area contributed by atoms with Crippen molar-refractivity contribution >= 4 is 0 Å². The summed E-state index contributed by atoms with van der Waals surface area (Å²) in [5, 5.41) is 0. The molecule has 0 amide bonds. The van der Waals surface area contributed by atoms with E-state index in [2.05, 4.69) is 62.3 Å². The van der Waals surface area contributed by atoms with Gasteiger partial charge in [0.2, 0.25) is 0 Å². The summed E-state index contributed by atoms with van der Waals surface area (Å²) in [5.74, 6) is 0. The zero-order valence-electron chi connectivity index (χ0n) is 9.83. The molecule has 0 fully saturated rings. The van der Waals surface area contributed by atoms with Gasteiger partial charge in [-0.3, -0.25) is 0 Å². The molecule has 15 heavy (non-hydrogen) atoms. The Morgan fingerprint density at radius 2 is 1.87 bits per heavy atom. The zero-order chi connectivity index (χ0) is 10.9. The summed E-state index contributed by atoms with van der Waals surface area (Å²) in [7, 11) is 2.15. The van der Waals surface area contributed by atoms with Crippen molar-refractivity contribution in [3.05, 3.63) is 47.7 Å². The van der Waals surface area contributed by atoms with E-state index in [9.17, 15) is 0 Å². The van der Waals surface area contributed by atoms with E-state index in [1.165, 1.54) is 17.6 Å². The van der Waals surface area contributed by atoms with Gasteiger partial charge in [-0.2, -0.15) is 0 Å². The van der Waals surface area contributed by atoms with Crippen LogP contribution in [0.2, 0.25) is 0 Å². The molecule has 0 saturated carbocycles. The monoisotopic (exact) mass is 201 g/mol. The van der Waals surface area contributed by atoms with Gasteiger partial charge in [0.1, 0.15) is 0 Å². The van der Waals surface area contributed by atoms with Gasteiger partial charge in [-0.15, -0.1) is 0 Å². The minimum atomic E-state index is 0.230. The smallest absolute Gasteiger partial charge is 0.0180 e. The van der Waals surface area contributed by atoms with Crippen LogP contribution in [0.3, 0.4) is 0 Å². The van der Waals surface area contributed by atoms with E-state index in [1.54, 1.807) is 0 Å². The molecule has 0 saturated heterocycles. The molecular weight excluding hydrogens is 182 g/mol. The molecule has 1 aromatic carbocycles. The molecule has 1 aromatic rings. The summed E-state index contributed by atoms with van der Waals surface area (Å²) in [6.45, 7) is 5.73. The predicted octanol–water partition coefficient (Wildman–Crippen LogP) is 3.18. The van der Waals surface area contributed by atoms with Crippen LogP contribution in [0, 0.1) is 0 Å². The largest absolute Gasteiger partial charge is 0.380 e. The van der Waals surface area contributed by atoms with Crippen molar-refractivity contribution < 1.29 is 0 Å². The predicted molar refractivity (Wildman–Crippen MR) is 64.8 cm³/mol. The second-order valence-electron chi connectivity index (χ2n) is 4.74. The molecule has 0 N–H and O–H groups in total. The Labute approximate surface area is 92.4 Å². The Morgan fingerprint density at radius 1 is 1.20 bits per heavy atom. The van der Waals surface area contributed by atoms with Gasteiger partial charge in [-0.05, 0) is 30.7 Å². The van der Waals surface area contributed by atoms with Crippen LogP contribution in [0.5, 0.6) is 0 Å². The van der Waals surface area contributed by atoms with Crippen LogP contribution in [-0.2, 0) is 5.41 Å². The third-order valence-corrected chi connectivity index (χ3v) is 3.66. The number of allylic oxidation sites excluding steroid dienone is 1. The van der Waals surface area contributed by atoms with E-state index in [-0.39, 0.29) is 5.41 Å². The first kappa shape index (κ1) is 10.3. The number of benzene rings is 1. The third kappa shape index (κ3) is 1.79. The van der Waals surface area contributed by atoms with Crippen molar-refractivity contribution in [3.63, 3.8) is 0 Å². The molecule has 1 heteroatoms. The maximum atomic E-state index is 2.35. The van der Waals surface area contributed by atoms with Gasteiger partial charge >= 0.3 is 0 Å². The number of rotatable bonds is 1. The molecule has 2 rings (SSSR count). The van der Waals surface area contributed by atoms with Crippen LogP contribution in [0.4, 0.5) is 0 Å². The highest BCUT2D eigenvalue weighted by Gasteiger charge is 2.31. The number of nitrogens with zero attached hydrogens (tertiary/aromatic N) is 1. The first-order valence-electron chi connectivity index (χ1n) is 5.57. The lowest BCUT2D eigenvalue weighted by atomic mass is 9.73. The summed E-state index contributed by atoms with van der Waals surface area (Å²) >= 11 is 0. The Kier molecular flexibility index (Phi) is 2.56. The SMILES string of the molecule is CC1=CN(C)CCC1(C)c1ccccc1. The van der Waals surface area contributed by atoms with Gasteiger partial charge in [0.25, 0.3) is 0 Å². The Hall–Kier alpha value is -1.24. The third-order valence-electron chi connectivity index (χ3n) is 3.66. The fourth-order valence-electron chi connectivity index (χ4n) is 2.31. The van der Waals surface area contributed by atoms with Gasteiger partial charge in [0.15, 0.2) is 0 Å². The van der Waals surface area contributed by atoms with Crippen LogP contribution < -0.4 is 0 Å². The van der Waals surface area contributed by atoms with Gasteiger partial charge < -0.3 is 4.90 Å². The molecule has 1 unspecified atom stereocenters. The Morgan fingerprint density at radius 3 is 2.47 bits per heavy atom. The lowest BCUT2D eigenvalue weighted by Crippen LogP contribution is -2.34. The van der Waals surface area contributed by atoms with Crippen LogP contribution in [0.1, 0.15) is 25.8 Å². The molecule has 1 aliphatic rings. The van der Waals surface area contributed by atoms with Crippen LogP contribution in [-0.4, -0.2) is 18.5 Å². The van der Waals surface area contributed by atoms with E-state index in [4.69, 9.17) is 0 Å². The second kappa shape index (κ2) is 3.73. The Bertz CT molecular complexity index is 366. The van der Waals surface area contributed by atoms with Crippen molar-refractivity contribution in [1.82, 2.24) is 4.90 Å². The lowest BCUT2D eigenvalue weighted by Gasteiger charge is -2.38. The van der Waals surface area contributed by atoms with E-state index < -0.39 is 0 Å². The van der Waals surface area contributed by atoms with E-state index >= 15 is 0 Å². The summed E-state index contributed by atoms with van der Waals surface area (Å²) in [5.41, 5.74) is 3.13. The van der Waals surface area contributed by atoms with E-state index in [1.807, 2.05) is 0 Å². The van der Waals surface area contributed by atoms with Crippen LogP contribution >= 0.6 is 0 Å². The van der Waals surface area contributed by atoms with Gasteiger partial charge in [0, 0.05) is 19.0 Å². The van der Waals surface area contributed by atoms with E-state index in [0.29, 0.717) is 0 Å². The van der Waals surface area contributed by atoms with Gasteiger partial charge in [0.05, 0.1) is 0 Å². The standard InChI is InChI=1S/C14H19N/c1-12-11-15(3)10-9-14(12,2)13-7-5-4-6-8-13/h4-8,11H,9-10H2,1-3H3. The molecule has 0 aromatic heterocycles. The number of hydrogen-bond donors (Lipinski definition) is 0. The highest BCUT2D eigenvalue weighted by molar-refractivity contribution is 5.35. The second-order valence-corrected chi connectivity index (χ2v) is 4.74. The maximum Gasteiger partial charge on any atom is 0.0180 e. The van der Waals surface area contributed by atoms with Crippen molar-refractivity contribution in [1.29, 1.82) is 0 Å². The molecule has 0 spiro atoms. The first-order chi connectivity index (χ1) is 7.13. The molecule has 0 aliphatic carbocycles. The molecule has 1 atom stereocenters. The fraction of sp³-hybridized carbons (Fsp3) is 0.429. The molecule has 1 heterocycles. The fourth-order valence-corrected chi connectivity index (χ4v) is 2.31. The van der Waals surface area contributed by atoms with Crippen molar-refractivity contribution in [2.45, 2.75) is 25.7 Å². The van der Waals surface area contributed by atoms with Crippen molar-refractivity contribution in [2.75, 3.05) is 13.6 Å². The molecule has 1 nitrogen and oxygen atoms in total. The molecule has 0 radical (unpaired) electrons. The first-order valence-corrected chi connectivity index (χ1v) is 5.57. The van der Waals surface area contributed by atoms with Crippen LogP contribution in [0.25, 0.3) is 0 Å². The summed E-state index contributed by atoms with van der Waals surface area (Å²) in [6.07, 6.45) is 3.48. The van der Waals surface area contributed by atoms with Crippen molar-refractivity contribution in [2.24, 2.45) is 0 Å². The highest BCUT2D eigenvalue weighted by Crippen LogP contribution is 2.37. The average Bonchev–Trinajstić information content (AvgIpc) is 2.25. The molecule has 80 valence electrons. The minimum Gasteiger partial charge on any atom is -0.380 e. The topological polar surface area (TPSA) is 3.24 Å². The molecule has 1 aliphatic heterocycles. The quantitative estimate of drug-likeness (QED) is 0.674. The zero-order valence-corrected chi connectivity index (χ0v) is 9.83. The normalized spacial score (nSPS) is 26.3. The highest BCUT2D eigenvalue weighted by atomic mass is 15.1. The molecular formula is C14H19N. The summed E-state index contributed by atoms with van der Waals surface area (Å²) < 4.78 is 0. The summed E-state index contributed by atoms with van der Waals surface area (Å²) in [6, 6.07) is 10.8. The Balaban J connectivity index is 2.39. The number of hydrogen-bond acceptors (Lipinski definition) is 1. The lowest BCUT2D eigenvalue weighted by molar-refractivity contribution is 0.340.